The number of nitrogens with one attached hydrogen (secondary N) is 1. The fourth-order valence-corrected chi connectivity index (χ4v) is 3.95. The van der Waals surface area contributed by atoms with E-state index in [1.807, 2.05) is 31.2 Å². The molecule has 2 atom stereocenters. The second-order valence-electron chi connectivity index (χ2n) is 10.8. The maximum atomic E-state index is 13.4. The standard InChI is InChI=1S/C28H39NO5/c1-18-22(29-19(2)30)17-21(16-12-15-20-13-10-9-11-14-20)24(26(32)34-28(6,7)8)23(18)25(31)33-27(3,4)5/h9-11,13-14,17-18,22H,12,15-16H2,1-8H3,(H,29,30)/t18-,22-/m0/s1. The van der Waals surface area contributed by atoms with Crippen molar-refractivity contribution >= 4 is 17.8 Å². The molecule has 1 amide bonds. The summed E-state index contributed by atoms with van der Waals surface area (Å²) in [6, 6.07) is 9.66. The Morgan fingerprint density at radius 2 is 1.44 bits per heavy atom. The Kier molecular flexibility index (Phi) is 8.87. The van der Waals surface area contributed by atoms with Crippen molar-refractivity contribution in [1.82, 2.24) is 5.32 Å². The summed E-state index contributed by atoms with van der Waals surface area (Å²) in [5.41, 5.74) is 0.937. The van der Waals surface area contributed by atoms with Crippen LogP contribution >= 0.6 is 0 Å². The Labute approximate surface area is 203 Å². The molecule has 0 bridgehead atoms. The van der Waals surface area contributed by atoms with Crippen molar-refractivity contribution in [3.8, 4) is 0 Å². The minimum absolute atomic E-state index is 0.207. The Morgan fingerprint density at radius 3 is 1.97 bits per heavy atom. The van der Waals surface area contributed by atoms with Gasteiger partial charge in [-0.2, -0.15) is 0 Å². The predicted molar refractivity (Wildman–Crippen MR) is 133 cm³/mol. The lowest BCUT2D eigenvalue weighted by Gasteiger charge is -2.33. The molecule has 0 spiro atoms. The number of hydrogen-bond acceptors (Lipinski definition) is 5. The zero-order chi connectivity index (χ0) is 25.7. The molecule has 0 saturated carbocycles. The normalized spacial score (nSPS) is 18.8. The predicted octanol–water partition coefficient (Wildman–Crippen LogP) is 5.07. The van der Waals surface area contributed by atoms with Crippen LogP contribution in [0.5, 0.6) is 0 Å². The second kappa shape index (κ2) is 11.0. The van der Waals surface area contributed by atoms with Crippen molar-refractivity contribution in [2.45, 2.75) is 91.9 Å². The van der Waals surface area contributed by atoms with E-state index in [9.17, 15) is 14.4 Å². The van der Waals surface area contributed by atoms with Crippen LogP contribution in [0.15, 0.2) is 53.1 Å². The molecule has 1 aliphatic rings. The van der Waals surface area contributed by atoms with Crippen LogP contribution in [0, 0.1) is 5.92 Å². The lowest BCUT2D eigenvalue weighted by atomic mass is 9.78. The molecule has 186 valence electrons. The van der Waals surface area contributed by atoms with Crippen LogP contribution in [-0.2, 0) is 30.3 Å². The molecule has 0 radical (unpaired) electrons. The summed E-state index contributed by atoms with van der Waals surface area (Å²) in [6.45, 7) is 14.0. The Hall–Kier alpha value is -2.89. The number of aryl methyl sites for hydroxylation is 1. The molecule has 0 fully saturated rings. The van der Waals surface area contributed by atoms with Gasteiger partial charge in [-0.3, -0.25) is 4.79 Å². The van der Waals surface area contributed by atoms with Crippen molar-refractivity contribution in [3.05, 3.63) is 58.7 Å². The van der Waals surface area contributed by atoms with Crippen molar-refractivity contribution in [2.75, 3.05) is 0 Å². The Bertz CT molecular complexity index is 961. The summed E-state index contributed by atoms with van der Waals surface area (Å²) in [5, 5.41) is 2.92. The van der Waals surface area contributed by atoms with E-state index in [1.54, 1.807) is 41.5 Å². The third-order valence-electron chi connectivity index (χ3n) is 5.31. The van der Waals surface area contributed by atoms with Crippen LogP contribution in [0.1, 0.15) is 73.8 Å². The number of carbonyl (C=O) groups is 3. The lowest BCUT2D eigenvalue weighted by Crippen LogP contribution is -2.43. The zero-order valence-electron chi connectivity index (χ0n) is 21.8. The van der Waals surface area contributed by atoms with Crippen LogP contribution in [0.3, 0.4) is 0 Å². The quantitative estimate of drug-likeness (QED) is 0.564. The van der Waals surface area contributed by atoms with E-state index in [-0.39, 0.29) is 17.1 Å². The molecule has 2 rings (SSSR count). The molecule has 34 heavy (non-hydrogen) atoms. The van der Waals surface area contributed by atoms with Gasteiger partial charge in [-0.05, 0) is 71.9 Å². The fourth-order valence-electron chi connectivity index (χ4n) is 3.95. The van der Waals surface area contributed by atoms with Gasteiger partial charge in [0.25, 0.3) is 0 Å². The van der Waals surface area contributed by atoms with E-state index in [1.165, 1.54) is 12.5 Å². The van der Waals surface area contributed by atoms with Gasteiger partial charge in [0.05, 0.1) is 17.2 Å². The number of esters is 2. The van der Waals surface area contributed by atoms with Gasteiger partial charge in [0.1, 0.15) is 11.2 Å². The maximum absolute atomic E-state index is 13.4. The minimum Gasteiger partial charge on any atom is -0.457 e. The van der Waals surface area contributed by atoms with E-state index in [0.717, 1.165) is 12.8 Å². The SMILES string of the molecule is CC(=O)N[C@H]1C=C(CCCc2ccccc2)C(C(=O)OC(C)(C)C)=C(C(=O)OC(C)(C)C)[C@H]1C. The van der Waals surface area contributed by atoms with Gasteiger partial charge in [0.15, 0.2) is 0 Å². The monoisotopic (exact) mass is 469 g/mol. The van der Waals surface area contributed by atoms with E-state index in [4.69, 9.17) is 9.47 Å². The third kappa shape index (κ3) is 8.15. The lowest BCUT2D eigenvalue weighted by molar-refractivity contribution is -0.154. The van der Waals surface area contributed by atoms with Crippen LogP contribution in [0.25, 0.3) is 0 Å². The molecule has 1 aliphatic carbocycles. The Balaban J connectivity index is 2.51. The number of hydrogen-bond donors (Lipinski definition) is 1. The highest BCUT2D eigenvalue weighted by Gasteiger charge is 2.39. The zero-order valence-corrected chi connectivity index (χ0v) is 21.8. The number of rotatable bonds is 7. The molecule has 1 aromatic rings. The number of ether oxygens (including phenoxy) is 2. The summed E-state index contributed by atoms with van der Waals surface area (Å²) in [6.07, 6.45) is 4.04. The molecular formula is C28H39NO5. The molecule has 1 N–H and O–H groups in total. The van der Waals surface area contributed by atoms with Gasteiger partial charge >= 0.3 is 11.9 Å². The van der Waals surface area contributed by atoms with Gasteiger partial charge in [-0.25, -0.2) is 9.59 Å². The van der Waals surface area contributed by atoms with Gasteiger partial charge in [-0.1, -0.05) is 43.3 Å². The van der Waals surface area contributed by atoms with Crippen molar-refractivity contribution in [3.63, 3.8) is 0 Å². The highest BCUT2D eigenvalue weighted by Crippen LogP contribution is 2.36. The number of carbonyl (C=O) groups excluding carboxylic acids is 3. The van der Waals surface area contributed by atoms with Gasteiger partial charge in [0.2, 0.25) is 5.91 Å². The third-order valence-corrected chi connectivity index (χ3v) is 5.31. The van der Waals surface area contributed by atoms with Gasteiger partial charge in [-0.15, -0.1) is 0 Å². The van der Waals surface area contributed by atoms with E-state index < -0.39 is 35.1 Å². The second-order valence-corrected chi connectivity index (χ2v) is 10.8. The molecule has 0 aromatic heterocycles. The molecule has 6 nitrogen and oxygen atoms in total. The average molecular weight is 470 g/mol. The van der Waals surface area contributed by atoms with Gasteiger partial charge in [0, 0.05) is 12.8 Å². The first-order valence-electron chi connectivity index (χ1n) is 11.9. The van der Waals surface area contributed by atoms with Crippen LogP contribution in [0.4, 0.5) is 0 Å². The number of amides is 1. The molecule has 0 unspecified atom stereocenters. The van der Waals surface area contributed by atoms with Crippen molar-refractivity contribution in [1.29, 1.82) is 0 Å². The summed E-state index contributed by atoms with van der Waals surface area (Å²) in [4.78, 5) is 38.7. The van der Waals surface area contributed by atoms with E-state index in [2.05, 4.69) is 17.4 Å². The van der Waals surface area contributed by atoms with Crippen molar-refractivity contribution in [2.24, 2.45) is 5.92 Å². The Morgan fingerprint density at radius 1 is 0.882 bits per heavy atom. The molecule has 0 aliphatic heterocycles. The van der Waals surface area contributed by atoms with E-state index in [0.29, 0.717) is 12.0 Å². The average Bonchev–Trinajstić information content (AvgIpc) is 2.67. The highest BCUT2D eigenvalue weighted by molar-refractivity contribution is 6.05. The summed E-state index contributed by atoms with van der Waals surface area (Å²) < 4.78 is 11.4. The minimum atomic E-state index is -0.735. The number of benzene rings is 1. The summed E-state index contributed by atoms with van der Waals surface area (Å²) >= 11 is 0. The molecule has 0 heterocycles. The van der Waals surface area contributed by atoms with Crippen LogP contribution < -0.4 is 5.32 Å². The molecule has 1 aromatic carbocycles. The first kappa shape index (κ1) is 27.4. The molecular weight excluding hydrogens is 430 g/mol. The molecule has 6 heteroatoms. The largest absolute Gasteiger partial charge is 0.457 e. The van der Waals surface area contributed by atoms with Crippen LogP contribution in [0.2, 0.25) is 0 Å². The topological polar surface area (TPSA) is 81.7 Å². The van der Waals surface area contributed by atoms with Crippen LogP contribution in [-0.4, -0.2) is 35.1 Å². The highest BCUT2D eigenvalue weighted by atomic mass is 16.6. The smallest absolute Gasteiger partial charge is 0.339 e. The molecule has 0 saturated heterocycles. The summed E-state index contributed by atoms with van der Waals surface area (Å²) in [5.74, 6) is -1.78. The maximum Gasteiger partial charge on any atom is 0.339 e. The van der Waals surface area contributed by atoms with Gasteiger partial charge < -0.3 is 14.8 Å². The van der Waals surface area contributed by atoms with E-state index >= 15 is 0 Å². The fraction of sp³-hybridized carbons (Fsp3) is 0.536. The van der Waals surface area contributed by atoms with Crippen molar-refractivity contribution < 1.29 is 23.9 Å². The first-order valence-corrected chi connectivity index (χ1v) is 11.9. The summed E-state index contributed by atoms with van der Waals surface area (Å²) in [7, 11) is 0. The first-order chi connectivity index (χ1) is 15.7.